The second-order valence-electron chi connectivity index (χ2n) is 8.38. The summed E-state index contributed by atoms with van der Waals surface area (Å²) in [6.07, 6.45) is 19.2. The van der Waals surface area contributed by atoms with Gasteiger partial charge in [0, 0.05) is 46.5 Å². The Bertz CT molecular complexity index is 656. The number of nitrogens with two attached hydrogens (primary N) is 2. The van der Waals surface area contributed by atoms with Gasteiger partial charge in [0.2, 0.25) is 0 Å². The first-order chi connectivity index (χ1) is 13.4. The van der Waals surface area contributed by atoms with Crippen molar-refractivity contribution in [2.75, 3.05) is 11.5 Å². The topological polar surface area (TPSA) is 59.8 Å². The summed E-state index contributed by atoms with van der Waals surface area (Å²) in [4.78, 5) is 0. The third kappa shape index (κ3) is 6.81. The zero-order valence-corrected chi connectivity index (χ0v) is 18.4. The fourth-order valence-corrected chi connectivity index (χ4v) is 3.88. The van der Waals surface area contributed by atoms with Gasteiger partial charge in [-0.15, -0.1) is 0 Å². The largest absolute Gasteiger partial charge is 0.398 e. The maximum atomic E-state index is 6.03. The number of hydrogen-bond acceptors (Lipinski definition) is 2. The molecule has 4 nitrogen and oxygen atoms in total. The molecule has 2 heterocycles. The third-order valence-electron chi connectivity index (χ3n) is 5.72. The SMILES string of the molecule is Cc1c[n+](CCCCCCCCCC[n+]2cc(C)c(N)c(C)c2)cc(C)c1N. The first-order valence-electron chi connectivity index (χ1n) is 10.9. The van der Waals surface area contributed by atoms with E-state index >= 15 is 0 Å². The monoisotopic (exact) mass is 384 g/mol. The Kier molecular flexibility index (Phi) is 8.75. The van der Waals surface area contributed by atoms with E-state index in [1.807, 2.05) is 0 Å². The van der Waals surface area contributed by atoms with Crippen LogP contribution in [0.3, 0.4) is 0 Å². The Labute approximate surface area is 171 Å². The van der Waals surface area contributed by atoms with Crippen LogP contribution in [0.5, 0.6) is 0 Å². The molecule has 0 aliphatic heterocycles. The van der Waals surface area contributed by atoms with Gasteiger partial charge in [0.15, 0.2) is 24.8 Å². The predicted molar refractivity (Wildman–Crippen MR) is 118 cm³/mol. The molecule has 28 heavy (non-hydrogen) atoms. The summed E-state index contributed by atoms with van der Waals surface area (Å²) < 4.78 is 4.58. The molecule has 4 N–H and O–H groups in total. The molecule has 0 saturated carbocycles. The van der Waals surface area contributed by atoms with E-state index in [0.29, 0.717) is 0 Å². The molecule has 0 atom stereocenters. The minimum atomic E-state index is 0.927. The van der Waals surface area contributed by atoms with Crippen LogP contribution in [0.25, 0.3) is 0 Å². The Morgan fingerprint density at radius 1 is 0.500 bits per heavy atom. The normalized spacial score (nSPS) is 11.1. The average molecular weight is 385 g/mol. The lowest BCUT2D eigenvalue weighted by Crippen LogP contribution is -2.34. The van der Waals surface area contributed by atoms with E-state index in [1.165, 1.54) is 73.6 Å². The summed E-state index contributed by atoms with van der Waals surface area (Å²) in [6, 6.07) is 0. The van der Waals surface area contributed by atoms with Crippen LogP contribution in [0.1, 0.15) is 73.6 Å². The molecular formula is C24H40N4+2. The summed E-state index contributed by atoms with van der Waals surface area (Å²) in [6.45, 7) is 10.6. The standard InChI is InChI=1S/C24H38N4/c1-19-15-27(16-20(2)23(19)25)13-11-9-7-5-6-8-10-12-14-28-17-21(3)24(26)22(4)18-28/h15-18,25-26H,5-14H2,1-4H3/p+2. The van der Waals surface area contributed by atoms with Gasteiger partial charge in [-0.05, 0) is 40.5 Å². The van der Waals surface area contributed by atoms with Crippen molar-refractivity contribution in [1.82, 2.24) is 0 Å². The third-order valence-corrected chi connectivity index (χ3v) is 5.72. The Hall–Kier alpha value is -2.10. The van der Waals surface area contributed by atoms with Crippen molar-refractivity contribution >= 4 is 11.4 Å². The summed E-state index contributed by atoms with van der Waals surface area (Å²) >= 11 is 0. The molecule has 154 valence electrons. The molecule has 0 aliphatic rings. The van der Waals surface area contributed by atoms with Crippen LogP contribution < -0.4 is 20.6 Å². The van der Waals surface area contributed by atoms with Crippen LogP contribution >= 0.6 is 0 Å². The number of pyridine rings is 2. The number of unbranched alkanes of at least 4 members (excludes halogenated alkanes) is 7. The molecule has 0 aliphatic carbocycles. The van der Waals surface area contributed by atoms with Crippen molar-refractivity contribution in [3.8, 4) is 0 Å². The van der Waals surface area contributed by atoms with E-state index in [4.69, 9.17) is 11.5 Å². The van der Waals surface area contributed by atoms with Gasteiger partial charge in [-0.3, -0.25) is 0 Å². The van der Waals surface area contributed by atoms with E-state index in [1.54, 1.807) is 0 Å². The van der Waals surface area contributed by atoms with Crippen molar-refractivity contribution in [2.45, 2.75) is 92.2 Å². The van der Waals surface area contributed by atoms with E-state index in [-0.39, 0.29) is 0 Å². The van der Waals surface area contributed by atoms with Crippen LogP contribution in [0.4, 0.5) is 11.4 Å². The number of nitrogen functional groups attached to an aromatic ring is 2. The highest BCUT2D eigenvalue weighted by atomic mass is 14.9. The van der Waals surface area contributed by atoms with Crippen molar-refractivity contribution in [1.29, 1.82) is 0 Å². The number of rotatable bonds is 11. The zero-order chi connectivity index (χ0) is 20.5. The predicted octanol–water partition coefficient (Wildman–Crippen LogP) is 4.48. The van der Waals surface area contributed by atoms with Crippen molar-refractivity contribution in [2.24, 2.45) is 0 Å². The number of hydrogen-bond donors (Lipinski definition) is 2. The molecule has 0 unspecified atom stereocenters. The molecular weight excluding hydrogens is 344 g/mol. The summed E-state index contributed by atoms with van der Waals surface area (Å²) in [5.41, 5.74) is 18.6. The number of aromatic nitrogens is 2. The lowest BCUT2D eigenvalue weighted by Gasteiger charge is -2.05. The number of nitrogens with zero attached hydrogens (tertiary/aromatic N) is 2. The lowest BCUT2D eigenvalue weighted by atomic mass is 10.1. The molecule has 0 fully saturated rings. The fourth-order valence-electron chi connectivity index (χ4n) is 3.88. The number of anilines is 2. The smallest absolute Gasteiger partial charge is 0.173 e. The second-order valence-corrected chi connectivity index (χ2v) is 8.38. The van der Waals surface area contributed by atoms with Crippen LogP contribution in [-0.2, 0) is 13.1 Å². The van der Waals surface area contributed by atoms with Crippen molar-refractivity contribution < 1.29 is 9.13 Å². The molecule has 0 amide bonds. The van der Waals surface area contributed by atoms with Gasteiger partial charge in [0.05, 0.1) is 0 Å². The lowest BCUT2D eigenvalue weighted by molar-refractivity contribution is -0.698. The first-order valence-corrected chi connectivity index (χ1v) is 10.9. The van der Waals surface area contributed by atoms with Gasteiger partial charge in [-0.2, -0.15) is 0 Å². The summed E-state index contributed by atoms with van der Waals surface area (Å²) in [7, 11) is 0. The minimum Gasteiger partial charge on any atom is -0.398 e. The van der Waals surface area contributed by atoms with Crippen molar-refractivity contribution in [3.05, 3.63) is 47.0 Å². The molecule has 0 spiro atoms. The maximum absolute atomic E-state index is 6.03. The first kappa shape index (κ1) is 22.2. The molecule has 4 heteroatoms. The Morgan fingerprint density at radius 3 is 1.04 bits per heavy atom. The summed E-state index contributed by atoms with van der Waals surface area (Å²) in [5.74, 6) is 0. The quantitative estimate of drug-likeness (QED) is 0.443. The Balaban J connectivity index is 1.51. The molecule has 2 aromatic rings. The van der Waals surface area contributed by atoms with Crippen LogP contribution in [0.2, 0.25) is 0 Å². The van der Waals surface area contributed by atoms with E-state index in [0.717, 1.165) is 24.5 Å². The van der Waals surface area contributed by atoms with Crippen LogP contribution in [0, 0.1) is 27.7 Å². The van der Waals surface area contributed by atoms with Crippen LogP contribution in [-0.4, -0.2) is 0 Å². The fraction of sp³-hybridized carbons (Fsp3) is 0.583. The van der Waals surface area contributed by atoms with E-state index in [2.05, 4.69) is 61.6 Å². The molecule has 2 aromatic heterocycles. The highest BCUT2D eigenvalue weighted by Gasteiger charge is 2.08. The molecule has 2 rings (SSSR count). The highest BCUT2D eigenvalue weighted by molar-refractivity contribution is 5.49. The van der Waals surface area contributed by atoms with Gasteiger partial charge in [0.25, 0.3) is 0 Å². The van der Waals surface area contributed by atoms with E-state index in [9.17, 15) is 0 Å². The average Bonchev–Trinajstić information content (AvgIpc) is 2.65. The molecule has 0 radical (unpaired) electrons. The maximum Gasteiger partial charge on any atom is 0.173 e. The van der Waals surface area contributed by atoms with Gasteiger partial charge >= 0.3 is 0 Å². The van der Waals surface area contributed by atoms with Crippen molar-refractivity contribution in [3.63, 3.8) is 0 Å². The molecule has 0 aromatic carbocycles. The van der Waals surface area contributed by atoms with E-state index < -0.39 is 0 Å². The highest BCUT2D eigenvalue weighted by Crippen LogP contribution is 2.14. The molecule has 0 saturated heterocycles. The Morgan fingerprint density at radius 2 is 0.750 bits per heavy atom. The van der Waals surface area contributed by atoms with Gasteiger partial charge in [0.1, 0.15) is 13.1 Å². The zero-order valence-electron chi connectivity index (χ0n) is 18.4. The minimum absolute atomic E-state index is 0.927. The second kappa shape index (κ2) is 11.0. The van der Waals surface area contributed by atoms with Gasteiger partial charge < -0.3 is 11.5 Å². The summed E-state index contributed by atoms with van der Waals surface area (Å²) in [5, 5.41) is 0. The van der Waals surface area contributed by atoms with Gasteiger partial charge in [-0.1, -0.05) is 25.7 Å². The number of aryl methyl sites for hydroxylation is 6. The molecule has 0 bridgehead atoms. The van der Waals surface area contributed by atoms with Gasteiger partial charge in [-0.25, -0.2) is 9.13 Å². The van der Waals surface area contributed by atoms with Crippen LogP contribution in [0.15, 0.2) is 24.8 Å².